The first-order valence-electron chi connectivity index (χ1n) is 6.54. The molecule has 5 nitrogen and oxygen atoms in total. The van der Waals surface area contributed by atoms with Crippen LogP contribution in [0.3, 0.4) is 0 Å². The molecule has 0 aliphatic rings. The fourth-order valence-corrected chi connectivity index (χ4v) is 2.64. The zero-order valence-corrected chi connectivity index (χ0v) is 13.5. The lowest BCUT2D eigenvalue weighted by atomic mass is 10.2. The maximum absolute atomic E-state index is 12.2. The number of anilines is 1. The molecule has 1 heterocycles. The van der Waals surface area contributed by atoms with Crippen LogP contribution >= 0.6 is 11.8 Å². The Hall–Kier alpha value is -1.95. The van der Waals surface area contributed by atoms with Crippen LogP contribution in [-0.4, -0.2) is 22.4 Å². The van der Waals surface area contributed by atoms with Crippen LogP contribution < -0.4 is 16.1 Å². The molecular formula is C15H19N3O2S. The number of rotatable bonds is 4. The zero-order chi connectivity index (χ0) is 15.6. The number of hydrogen-bond acceptors (Lipinski definition) is 4. The maximum Gasteiger partial charge on any atom is 0.330 e. The van der Waals surface area contributed by atoms with Gasteiger partial charge < -0.3 is 9.47 Å². The summed E-state index contributed by atoms with van der Waals surface area (Å²) in [5.41, 5.74) is 1.08. The van der Waals surface area contributed by atoms with E-state index in [2.05, 4.69) is 6.07 Å². The van der Waals surface area contributed by atoms with Crippen molar-refractivity contribution in [2.45, 2.75) is 11.4 Å². The number of aromatic nitrogens is 2. The van der Waals surface area contributed by atoms with E-state index in [1.807, 2.05) is 36.4 Å². The van der Waals surface area contributed by atoms with Gasteiger partial charge in [0.05, 0.1) is 5.56 Å². The lowest BCUT2D eigenvalue weighted by Gasteiger charge is -2.20. The van der Waals surface area contributed by atoms with Gasteiger partial charge >= 0.3 is 5.69 Å². The highest BCUT2D eigenvalue weighted by Crippen LogP contribution is 2.22. The van der Waals surface area contributed by atoms with Crippen LogP contribution in [0.2, 0.25) is 0 Å². The smallest absolute Gasteiger partial charge is 0.330 e. The van der Waals surface area contributed by atoms with E-state index >= 15 is 0 Å². The van der Waals surface area contributed by atoms with Gasteiger partial charge in [-0.3, -0.25) is 9.36 Å². The minimum atomic E-state index is -0.309. The van der Waals surface area contributed by atoms with Crippen molar-refractivity contribution < 1.29 is 0 Å². The molecule has 0 radical (unpaired) electrons. The third-order valence-electron chi connectivity index (χ3n) is 3.42. The number of hydrogen-bond donors (Lipinski definition) is 0. The fraction of sp³-hybridized carbons (Fsp3) is 0.333. The van der Waals surface area contributed by atoms with Crippen molar-refractivity contribution >= 4 is 17.4 Å². The van der Waals surface area contributed by atoms with Crippen molar-refractivity contribution in [3.63, 3.8) is 0 Å². The summed E-state index contributed by atoms with van der Waals surface area (Å²) in [7, 11) is 5.09. The molecule has 0 atom stereocenters. The number of aryl methyl sites for hydroxylation is 1. The summed E-state index contributed by atoms with van der Waals surface area (Å²) < 4.78 is 2.57. The average molecular weight is 305 g/mol. The summed E-state index contributed by atoms with van der Waals surface area (Å²) in [4.78, 5) is 27.0. The van der Waals surface area contributed by atoms with E-state index in [0.29, 0.717) is 12.1 Å². The zero-order valence-electron chi connectivity index (χ0n) is 12.7. The van der Waals surface area contributed by atoms with Crippen LogP contribution in [0.4, 0.5) is 5.69 Å². The highest BCUT2D eigenvalue weighted by molar-refractivity contribution is 7.98. The summed E-state index contributed by atoms with van der Waals surface area (Å²) in [6, 6.07) is 8.13. The van der Waals surface area contributed by atoms with Crippen LogP contribution in [0.25, 0.3) is 0 Å². The second-order valence-corrected chi connectivity index (χ2v) is 5.85. The molecule has 0 unspecified atom stereocenters. The predicted octanol–water partition coefficient (Wildman–Crippen LogP) is 1.44. The molecule has 0 N–H and O–H groups in total. The second kappa shape index (κ2) is 6.22. The third-order valence-corrected chi connectivity index (χ3v) is 4.14. The topological polar surface area (TPSA) is 47.2 Å². The van der Waals surface area contributed by atoms with Gasteiger partial charge in [-0.15, -0.1) is 11.8 Å². The Morgan fingerprint density at radius 3 is 2.62 bits per heavy atom. The van der Waals surface area contributed by atoms with E-state index in [-0.39, 0.29) is 11.2 Å². The fourth-order valence-electron chi connectivity index (χ4n) is 2.19. The second-order valence-electron chi connectivity index (χ2n) is 4.97. The molecule has 0 amide bonds. The minimum Gasteiger partial charge on any atom is -0.370 e. The van der Waals surface area contributed by atoms with Crippen LogP contribution in [0, 0.1) is 0 Å². The molecule has 1 aromatic heterocycles. The summed E-state index contributed by atoms with van der Waals surface area (Å²) in [5.74, 6) is 0. The van der Waals surface area contributed by atoms with E-state index in [1.165, 1.54) is 16.5 Å². The largest absolute Gasteiger partial charge is 0.370 e. The normalized spacial score (nSPS) is 10.7. The monoisotopic (exact) mass is 305 g/mol. The lowest BCUT2D eigenvalue weighted by Crippen LogP contribution is -2.39. The molecule has 2 aromatic rings. The Balaban J connectivity index is 2.33. The highest BCUT2D eigenvalue weighted by atomic mass is 32.2. The van der Waals surface area contributed by atoms with Gasteiger partial charge in [0.2, 0.25) is 0 Å². The van der Waals surface area contributed by atoms with E-state index < -0.39 is 0 Å². The van der Waals surface area contributed by atoms with Gasteiger partial charge in [-0.1, -0.05) is 6.07 Å². The van der Waals surface area contributed by atoms with E-state index in [9.17, 15) is 9.59 Å². The summed E-state index contributed by atoms with van der Waals surface area (Å²) >= 11 is 1.68. The van der Waals surface area contributed by atoms with Gasteiger partial charge in [0.25, 0.3) is 5.56 Å². The van der Waals surface area contributed by atoms with Crippen LogP contribution in [0.5, 0.6) is 0 Å². The molecular weight excluding hydrogens is 286 g/mol. The van der Waals surface area contributed by atoms with E-state index in [4.69, 9.17) is 0 Å². The van der Waals surface area contributed by atoms with Crippen molar-refractivity contribution in [2.24, 2.45) is 14.1 Å². The van der Waals surface area contributed by atoms with Gasteiger partial charge in [-0.05, 0) is 24.5 Å². The summed E-state index contributed by atoms with van der Waals surface area (Å²) in [6.45, 7) is 0.457. The van der Waals surface area contributed by atoms with Crippen molar-refractivity contribution in [3.8, 4) is 0 Å². The Kier molecular flexibility index (Phi) is 4.57. The average Bonchev–Trinajstić information content (AvgIpc) is 2.50. The van der Waals surface area contributed by atoms with E-state index in [1.54, 1.807) is 25.0 Å². The molecule has 0 saturated carbocycles. The first-order valence-corrected chi connectivity index (χ1v) is 7.77. The van der Waals surface area contributed by atoms with Crippen LogP contribution in [0.15, 0.2) is 44.9 Å². The molecule has 2 rings (SSSR count). The lowest BCUT2D eigenvalue weighted by molar-refractivity contribution is 0.664. The molecule has 21 heavy (non-hydrogen) atoms. The SMILES string of the molecule is CSc1cccc(N(C)Cc2cn(C)c(=O)n(C)c2=O)c1. The third kappa shape index (κ3) is 3.21. The number of thioether (sulfide) groups is 1. The first-order chi connectivity index (χ1) is 9.93. The summed E-state index contributed by atoms with van der Waals surface area (Å²) in [6.07, 6.45) is 3.64. The van der Waals surface area contributed by atoms with Gasteiger partial charge in [0, 0.05) is 44.5 Å². The highest BCUT2D eigenvalue weighted by Gasteiger charge is 2.10. The minimum absolute atomic E-state index is 0.244. The quantitative estimate of drug-likeness (QED) is 0.802. The molecule has 0 aliphatic carbocycles. The maximum atomic E-state index is 12.2. The molecule has 112 valence electrons. The van der Waals surface area contributed by atoms with E-state index in [0.717, 1.165) is 10.3 Å². The van der Waals surface area contributed by atoms with Crippen molar-refractivity contribution in [2.75, 3.05) is 18.2 Å². The predicted molar refractivity (Wildman–Crippen MR) is 87.3 cm³/mol. The molecule has 1 aromatic carbocycles. The summed E-state index contributed by atoms with van der Waals surface area (Å²) in [5, 5.41) is 0. The van der Waals surface area contributed by atoms with Gasteiger partial charge in [-0.2, -0.15) is 0 Å². The van der Waals surface area contributed by atoms with Crippen LogP contribution in [-0.2, 0) is 20.6 Å². The van der Waals surface area contributed by atoms with Crippen molar-refractivity contribution in [1.82, 2.24) is 9.13 Å². The van der Waals surface area contributed by atoms with Crippen LogP contribution in [0.1, 0.15) is 5.56 Å². The number of nitrogens with zero attached hydrogens (tertiary/aromatic N) is 3. The van der Waals surface area contributed by atoms with Crippen molar-refractivity contribution in [3.05, 3.63) is 56.9 Å². The Labute approximate surface area is 127 Å². The Morgan fingerprint density at radius 2 is 1.95 bits per heavy atom. The molecule has 0 saturated heterocycles. The first kappa shape index (κ1) is 15.4. The van der Waals surface area contributed by atoms with Crippen molar-refractivity contribution in [1.29, 1.82) is 0 Å². The molecule has 0 aliphatic heterocycles. The molecule has 0 fully saturated rings. The standard InChI is InChI=1S/C15H19N3O2S/c1-16(12-6-5-7-13(8-12)21-4)9-11-10-17(2)15(20)18(3)14(11)19/h5-8,10H,9H2,1-4H3. The number of benzene rings is 1. The molecule has 0 bridgehead atoms. The molecule has 6 heteroatoms. The van der Waals surface area contributed by atoms with Gasteiger partial charge in [0.15, 0.2) is 0 Å². The Morgan fingerprint density at radius 1 is 1.24 bits per heavy atom. The van der Waals surface area contributed by atoms with Gasteiger partial charge in [-0.25, -0.2) is 4.79 Å². The van der Waals surface area contributed by atoms with Gasteiger partial charge in [0.1, 0.15) is 0 Å². The Bertz CT molecular complexity index is 764. The molecule has 0 spiro atoms.